The molecule has 0 aromatic carbocycles. The van der Waals surface area contributed by atoms with Crippen LogP contribution in [-0.2, 0) is 20.2 Å². The van der Waals surface area contributed by atoms with Gasteiger partial charge in [-0.15, -0.1) is 0 Å². The Balaban J connectivity index is -0.000000206. The zero-order valence-electron chi connectivity index (χ0n) is 18.9. The van der Waals surface area contributed by atoms with Crippen molar-refractivity contribution in [1.82, 2.24) is 10.6 Å². The lowest BCUT2D eigenvalue weighted by atomic mass is 10.2. The van der Waals surface area contributed by atoms with Crippen LogP contribution in [0, 0.1) is 0 Å². The van der Waals surface area contributed by atoms with E-state index in [1.807, 2.05) is 28.2 Å². The fourth-order valence-corrected chi connectivity index (χ4v) is 2.60. The first kappa shape index (κ1) is 39.5. The van der Waals surface area contributed by atoms with E-state index in [2.05, 4.69) is 10.6 Å². The molecule has 0 amide bonds. The molecule has 0 saturated heterocycles. The maximum atomic E-state index is 12.4. The lowest BCUT2D eigenvalue weighted by Crippen LogP contribution is -2.15. The first-order valence-corrected chi connectivity index (χ1v) is 12.6. The third kappa shape index (κ3) is 49.5. The average Bonchev–Trinajstić information content (AvgIpc) is 2.56. The molecular formula is C16H35F7N2O6S2. The summed E-state index contributed by atoms with van der Waals surface area (Å²) in [5.41, 5.74) is -2.49. The minimum Gasteiger partial charge on any atom is -0.323 e. The molecule has 0 fully saturated rings. The van der Waals surface area contributed by atoms with E-state index in [1.54, 1.807) is 0 Å². The van der Waals surface area contributed by atoms with Crippen LogP contribution < -0.4 is 10.6 Å². The molecule has 0 aliphatic heterocycles. The molecule has 0 radical (unpaired) electrons. The standard InChI is InChI=1S/C6H10F4O3S.C6H11F3O3S.2C2H7N/c7-5(14(11,12)13)3-1-2-4-6(8,9)10;7-6(8,9)4-2-1-3-5-13(10,11)12;2*1-3-2/h5H,1-4H2,(H,11,12,13);1-5H2,(H,10,11,12);2*3H,1-2H3. The van der Waals surface area contributed by atoms with Gasteiger partial charge in [-0.05, 0) is 60.3 Å². The van der Waals surface area contributed by atoms with E-state index in [-0.39, 0.29) is 32.1 Å². The van der Waals surface area contributed by atoms with E-state index in [0.717, 1.165) is 0 Å². The van der Waals surface area contributed by atoms with Gasteiger partial charge in [-0.1, -0.05) is 6.42 Å². The lowest BCUT2D eigenvalue weighted by molar-refractivity contribution is -0.136. The molecule has 33 heavy (non-hydrogen) atoms. The van der Waals surface area contributed by atoms with E-state index < -0.39 is 63.1 Å². The van der Waals surface area contributed by atoms with Crippen molar-refractivity contribution in [1.29, 1.82) is 0 Å². The third-order valence-electron chi connectivity index (χ3n) is 2.83. The first-order chi connectivity index (χ1) is 14.7. The third-order valence-corrected chi connectivity index (χ3v) is 4.51. The van der Waals surface area contributed by atoms with Crippen LogP contribution >= 0.6 is 0 Å². The maximum absolute atomic E-state index is 12.4. The van der Waals surface area contributed by atoms with Crippen LogP contribution in [0.4, 0.5) is 30.7 Å². The van der Waals surface area contributed by atoms with Gasteiger partial charge in [-0.2, -0.15) is 43.2 Å². The summed E-state index contributed by atoms with van der Waals surface area (Å²) in [4.78, 5) is 0. The van der Waals surface area contributed by atoms with E-state index in [0.29, 0.717) is 0 Å². The van der Waals surface area contributed by atoms with Crippen molar-refractivity contribution in [2.24, 2.45) is 0 Å². The highest BCUT2D eigenvalue weighted by Crippen LogP contribution is 2.24. The van der Waals surface area contributed by atoms with Gasteiger partial charge in [0.05, 0.1) is 5.75 Å². The maximum Gasteiger partial charge on any atom is 0.389 e. The number of halogens is 7. The fourth-order valence-electron chi connectivity index (χ4n) is 1.57. The average molecular weight is 549 g/mol. The summed E-state index contributed by atoms with van der Waals surface area (Å²) < 4.78 is 138. The van der Waals surface area contributed by atoms with Crippen LogP contribution in [0.2, 0.25) is 0 Å². The normalized spacial score (nSPS) is 12.9. The van der Waals surface area contributed by atoms with Crippen LogP contribution in [0.25, 0.3) is 0 Å². The summed E-state index contributed by atoms with van der Waals surface area (Å²) in [6.45, 7) is 0. The van der Waals surface area contributed by atoms with Gasteiger partial charge in [0.2, 0.25) is 5.50 Å². The highest BCUT2D eigenvalue weighted by atomic mass is 32.2. The van der Waals surface area contributed by atoms with Crippen LogP contribution in [-0.4, -0.2) is 77.7 Å². The minimum atomic E-state index is -4.77. The monoisotopic (exact) mass is 548 g/mol. The SMILES string of the molecule is CNC.CNC.O=S(=O)(O)C(F)CCCCC(F)(F)F.O=S(=O)(O)CCCCCC(F)(F)F. The molecule has 0 rings (SSSR count). The van der Waals surface area contributed by atoms with Crippen LogP contribution in [0.1, 0.15) is 51.4 Å². The van der Waals surface area contributed by atoms with Crippen molar-refractivity contribution in [3.8, 4) is 0 Å². The zero-order chi connectivity index (χ0) is 27.4. The van der Waals surface area contributed by atoms with Crippen molar-refractivity contribution < 1.29 is 56.7 Å². The number of alkyl halides is 7. The van der Waals surface area contributed by atoms with Gasteiger partial charge < -0.3 is 10.6 Å². The Bertz CT molecular complexity index is 641. The Morgan fingerprint density at radius 3 is 1.30 bits per heavy atom. The quantitative estimate of drug-likeness (QED) is 0.183. The molecule has 0 bridgehead atoms. The van der Waals surface area contributed by atoms with Crippen LogP contribution in [0.3, 0.4) is 0 Å². The van der Waals surface area contributed by atoms with Gasteiger partial charge in [-0.25, -0.2) is 4.39 Å². The second-order valence-corrected chi connectivity index (χ2v) is 9.61. The second-order valence-electron chi connectivity index (χ2n) is 6.50. The van der Waals surface area contributed by atoms with Gasteiger partial charge in [0.15, 0.2) is 0 Å². The molecule has 0 heterocycles. The first-order valence-electron chi connectivity index (χ1n) is 9.52. The van der Waals surface area contributed by atoms with Crippen molar-refractivity contribution >= 4 is 20.2 Å². The van der Waals surface area contributed by atoms with Crippen LogP contribution in [0.15, 0.2) is 0 Å². The molecule has 206 valence electrons. The molecule has 1 atom stereocenters. The Hall–Kier alpha value is -0.750. The summed E-state index contributed by atoms with van der Waals surface area (Å²) in [7, 11) is -1.29. The molecule has 0 aromatic heterocycles. The van der Waals surface area contributed by atoms with Gasteiger partial charge in [0.1, 0.15) is 0 Å². The van der Waals surface area contributed by atoms with Gasteiger partial charge in [-0.3, -0.25) is 9.11 Å². The Morgan fingerprint density at radius 1 is 0.697 bits per heavy atom. The predicted molar refractivity (Wildman–Crippen MR) is 112 cm³/mol. The van der Waals surface area contributed by atoms with E-state index >= 15 is 0 Å². The summed E-state index contributed by atoms with van der Waals surface area (Å²) >= 11 is 0. The highest BCUT2D eigenvalue weighted by molar-refractivity contribution is 7.86. The Morgan fingerprint density at radius 2 is 1.03 bits per heavy atom. The van der Waals surface area contributed by atoms with Gasteiger partial charge >= 0.3 is 12.4 Å². The molecule has 0 aliphatic carbocycles. The smallest absolute Gasteiger partial charge is 0.323 e. The van der Waals surface area contributed by atoms with Crippen molar-refractivity contribution in [2.75, 3.05) is 33.9 Å². The predicted octanol–water partition coefficient (Wildman–Crippen LogP) is 3.96. The molecule has 17 heteroatoms. The molecule has 0 aliphatic rings. The zero-order valence-corrected chi connectivity index (χ0v) is 20.6. The minimum absolute atomic E-state index is 0.0644. The number of unbranched alkanes of at least 4 members (excludes halogenated alkanes) is 3. The lowest BCUT2D eigenvalue weighted by Gasteiger charge is -2.06. The Labute approximate surface area is 191 Å². The molecule has 8 nitrogen and oxygen atoms in total. The number of rotatable bonds is 10. The highest BCUT2D eigenvalue weighted by Gasteiger charge is 2.27. The van der Waals surface area contributed by atoms with E-state index in [9.17, 15) is 47.6 Å². The van der Waals surface area contributed by atoms with Crippen molar-refractivity contribution in [3.05, 3.63) is 0 Å². The largest absolute Gasteiger partial charge is 0.389 e. The number of nitrogens with one attached hydrogen (secondary N) is 2. The molecule has 1 unspecified atom stereocenters. The van der Waals surface area contributed by atoms with Gasteiger partial charge in [0.25, 0.3) is 20.2 Å². The summed E-state index contributed by atoms with van der Waals surface area (Å²) in [6, 6.07) is 0. The fraction of sp³-hybridized carbons (Fsp3) is 1.00. The summed E-state index contributed by atoms with van der Waals surface area (Å²) in [6.07, 6.45) is -11.6. The number of hydrogen-bond donors (Lipinski definition) is 4. The molecular weight excluding hydrogens is 513 g/mol. The molecule has 0 spiro atoms. The Kier molecular flexibility index (Phi) is 24.6. The van der Waals surface area contributed by atoms with Gasteiger partial charge in [0, 0.05) is 12.8 Å². The summed E-state index contributed by atoms with van der Waals surface area (Å²) in [5.74, 6) is -0.467. The van der Waals surface area contributed by atoms with Crippen LogP contribution in [0.5, 0.6) is 0 Å². The number of hydrogen-bond acceptors (Lipinski definition) is 6. The summed E-state index contributed by atoms with van der Waals surface area (Å²) in [5, 5.41) is 5.50. The second kappa shape index (κ2) is 20.6. The molecule has 0 aromatic rings. The van der Waals surface area contributed by atoms with E-state index in [1.165, 1.54) is 0 Å². The molecule has 0 saturated carbocycles. The van der Waals surface area contributed by atoms with Crippen molar-refractivity contribution in [3.63, 3.8) is 0 Å². The van der Waals surface area contributed by atoms with E-state index in [4.69, 9.17) is 9.11 Å². The van der Waals surface area contributed by atoms with Crippen molar-refractivity contribution in [2.45, 2.75) is 69.2 Å². The topological polar surface area (TPSA) is 133 Å². The molecule has 4 N–H and O–H groups in total.